The number of unbranched alkanes of at least 4 members (excludes halogenated alkanes) is 2. The van der Waals surface area contributed by atoms with Crippen molar-refractivity contribution < 1.29 is 4.74 Å². The van der Waals surface area contributed by atoms with Gasteiger partial charge in [-0.1, -0.05) is 70.6 Å². The maximum Gasteiger partial charge on any atom is 0.119 e. The summed E-state index contributed by atoms with van der Waals surface area (Å²) in [5.41, 5.74) is 1.47. The summed E-state index contributed by atoms with van der Waals surface area (Å²) in [5, 5.41) is 0. The summed E-state index contributed by atoms with van der Waals surface area (Å²) in [5.74, 6) is 3.44. The van der Waals surface area contributed by atoms with Gasteiger partial charge in [-0.25, -0.2) is 0 Å². The van der Waals surface area contributed by atoms with Crippen molar-refractivity contribution in [3.8, 4) is 5.75 Å². The van der Waals surface area contributed by atoms with Gasteiger partial charge in [-0.05, 0) is 61.1 Å². The van der Waals surface area contributed by atoms with Crippen molar-refractivity contribution in [1.29, 1.82) is 0 Å². The molecule has 1 nitrogen and oxygen atoms in total. The van der Waals surface area contributed by atoms with Crippen LogP contribution in [0.4, 0.5) is 0 Å². The second kappa shape index (κ2) is 11.4. The average molecular weight is 343 g/mol. The zero-order valence-electron chi connectivity index (χ0n) is 16.5. The molecule has 1 unspecified atom stereocenters. The third kappa shape index (κ3) is 6.53. The quantitative estimate of drug-likeness (QED) is 0.298. The molecule has 0 spiro atoms. The summed E-state index contributed by atoms with van der Waals surface area (Å²) >= 11 is 0. The molecule has 0 radical (unpaired) electrons. The summed E-state index contributed by atoms with van der Waals surface area (Å²) in [6, 6.07) is 8.87. The highest BCUT2D eigenvalue weighted by Gasteiger charge is 2.27. The van der Waals surface area contributed by atoms with E-state index >= 15 is 0 Å². The SMILES string of the molecule is C=CCC(c1ccc(OCCC)cc1)C1CCC(CCCCC)CC1. The molecule has 1 aliphatic carbocycles. The number of rotatable bonds is 11. The lowest BCUT2D eigenvalue weighted by molar-refractivity contribution is 0.230. The number of hydrogen-bond donors (Lipinski definition) is 0. The Labute approximate surface area is 155 Å². The van der Waals surface area contributed by atoms with Gasteiger partial charge in [-0.3, -0.25) is 0 Å². The van der Waals surface area contributed by atoms with Crippen molar-refractivity contribution >= 4 is 0 Å². The Morgan fingerprint density at radius 1 is 1.04 bits per heavy atom. The summed E-state index contributed by atoms with van der Waals surface area (Å²) in [6.45, 7) is 9.27. The van der Waals surface area contributed by atoms with Gasteiger partial charge in [0, 0.05) is 0 Å². The van der Waals surface area contributed by atoms with Crippen LogP contribution in [0.5, 0.6) is 5.75 Å². The van der Waals surface area contributed by atoms with E-state index < -0.39 is 0 Å². The van der Waals surface area contributed by atoms with E-state index in [1.807, 2.05) is 0 Å². The molecular formula is C24H38O. The summed E-state index contributed by atoms with van der Waals surface area (Å²) in [6.07, 6.45) is 15.5. The number of benzene rings is 1. The van der Waals surface area contributed by atoms with Crippen molar-refractivity contribution in [3.63, 3.8) is 0 Å². The van der Waals surface area contributed by atoms with Gasteiger partial charge >= 0.3 is 0 Å². The number of hydrogen-bond acceptors (Lipinski definition) is 1. The molecule has 1 atom stereocenters. The van der Waals surface area contributed by atoms with E-state index in [1.165, 1.54) is 56.9 Å². The highest BCUT2D eigenvalue weighted by Crippen LogP contribution is 2.41. The predicted octanol–water partition coefficient (Wildman–Crippen LogP) is 7.52. The first kappa shape index (κ1) is 20.1. The van der Waals surface area contributed by atoms with Crippen LogP contribution >= 0.6 is 0 Å². The van der Waals surface area contributed by atoms with E-state index in [0.717, 1.165) is 37.0 Å². The van der Waals surface area contributed by atoms with Crippen molar-refractivity contribution in [3.05, 3.63) is 42.5 Å². The largest absolute Gasteiger partial charge is 0.494 e. The van der Waals surface area contributed by atoms with Crippen molar-refractivity contribution in [2.24, 2.45) is 11.8 Å². The lowest BCUT2D eigenvalue weighted by Gasteiger charge is -2.34. The minimum atomic E-state index is 0.634. The first-order valence-electron chi connectivity index (χ1n) is 10.6. The summed E-state index contributed by atoms with van der Waals surface area (Å²) < 4.78 is 5.74. The van der Waals surface area contributed by atoms with Crippen LogP contribution in [0.1, 0.15) is 89.5 Å². The molecule has 25 heavy (non-hydrogen) atoms. The highest BCUT2D eigenvalue weighted by atomic mass is 16.5. The fraction of sp³-hybridized carbons (Fsp3) is 0.667. The van der Waals surface area contributed by atoms with E-state index in [4.69, 9.17) is 4.74 Å². The molecule has 2 rings (SSSR count). The minimum absolute atomic E-state index is 0.634. The maximum absolute atomic E-state index is 5.74. The first-order chi connectivity index (χ1) is 12.3. The Hall–Kier alpha value is -1.24. The average Bonchev–Trinajstić information content (AvgIpc) is 2.66. The normalized spacial score (nSPS) is 21.7. The minimum Gasteiger partial charge on any atom is -0.494 e. The Morgan fingerprint density at radius 2 is 1.76 bits per heavy atom. The van der Waals surface area contributed by atoms with Crippen molar-refractivity contribution in [1.82, 2.24) is 0 Å². The molecule has 0 bridgehead atoms. The molecule has 1 aromatic carbocycles. The molecule has 0 heterocycles. The summed E-state index contributed by atoms with van der Waals surface area (Å²) in [4.78, 5) is 0. The smallest absolute Gasteiger partial charge is 0.119 e. The monoisotopic (exact) mass is 342 g/mol. The Bertz CT molecular complexity index is 467. The van der Waals surface area contributed by atoms with E-state index in [9.17, 15) is 0 Å². The molecule has 0 aliphatic heterocycles. The van der Waals surface area contributed by atoms with Crippen molar-refractivity contribution in [2.75, 3.05) is 6.61 Å². The van der Waals surface area contributed by atoms with Crippen LogP contribution in [-0.4, -0.2) is 6.61 Å². The van der Waals surface area contributed by atoms with Crippen LogP contribution in [-0.2, 0) is 0 Å². The van der Waals surface area contributed by atoms with Gasteiger partial charge in [0.1, 0.15) is 5.75 Å². The lowest BCUT2D eigenvalue weighted by atomic mass is 9.71. The molecule has 1 heteroatoms. The third-order valence-electron chi connectivity index (χ3n) is 5.88. The fourth-order valence-electron chi connectivity index (χ4n) is 4.37. The zero-order valence-corrected chi connectivity index (χ0v) is 16.5. The first-order valence-corrected chi connectivity index (χ1v) is 10.6. The number of allylic oxidation sites excluding steroid dienone is 1. The molecular weight excluding hydrogens is 304 g/mol. The van der Waals surface area contributed by atoms with Gasteiger partial charge in [-0.15, -0.1) is 6.58 Å². The predicted molar refractivity (Wildman–Crippen MR) is 109 cm³/mol. The van der Waals surface area contributed by atoms with E-state index in [-0.39, 0.29) is 0 Å². The molecule has 1 saturated carbocycles. The zero-order chi connectivity index (χ0) is 17.9. The van der Waals surface area contributed by atoms with Gasteiger partial charge in [-0.2, -0.15) is 0 Å². The van der Waals surface area contributed by atoms with Gasteiger partial charge in [0.25, 0.3) is 0 Å². The van der Waals surface area contributed by atoms with Gasteiger partial charge in [0.2, 0.25) is 0 Å². The standard InChI is InChI=1S/C24H38O/c1-4-7-8-10-20-11-13-21(14-12-20)24(9-5-2)22-15-17-23(18-16-22)25-19-6-3/h5,15-18,20-21,24H,2,4,6-14,19H2,1,3H3. The van der Waals surface area contributed by atoms with Crippen LogP contribution in [0.15, 0.2) is 36.9 Å². The Kier molecular flexibility index (Phi) is 9.15. The van der Waals surface area contributed by atoms with Crippen LogP contribution < -0.4 is 4.74 Å². The van der Waals surface area contributed by atoms with Crippen LogP contribution in [0.2, 0.25) is 0 Å². The summed E-state index contributed by atoms with van der Waals surface area (Å²) in [7, 11) is 0. The molecule has 0 amide bonds. The van der Waals surface area contributed by atoms with E-state index in [0.29, 0.717) is 5.92 Å². The Balaban J connectivity index is 1.91. The highest BCUT2D eigenvalue weighted by molar-refractivity contribution is 5.30. The molecule has 0 N–H and O–H groups in total. The lowest BCUT2D eigenvalue weighted by Crippen LogP contribution is -2.20. The topological polar surface area (TPSA) is 9.23 Å². The number of ether oxygens (including phenoxy) is 1. The van der Waals surface area contributed by atoms with Crippen LogP contribution in [0, 0.1) is 11.8 Å². The van der Waals surface area contributed by atoms with Crippen molar-refractivity contribution in [2.45, 2.75) is 84.0 Å². The Morgan fingerprint density at radius 3 is 2.36 bits per heavy atom. The second-order valence-electron chi connectivity index (χ2n) is 7.82. The van der Waals surface area contributed by atoms with E-state index in [2.05, 4.69) is 50.8 Å². The second-order valence-corrected chi connectivity index (χ2v) is 7.82. The maximum atomic E-state index is 5.74. The molecule has 1 fully saturated rings. The van der Waals surface area contributed by atoms with Gasteiger partial charge in [0.05, 0.1) is 6.61 Å². The van der Waals surface area contributed by atoms with Gasteiger partial charge in [0.15, 0.2) is 0 Å². The van der Waals surface area contributed by atoms with E-state index in [1.54, 1.807) is 0 Å². The molecule has 140 valence electrons. The molecule has 1 aliphatic rings. The third-order valence-corrected chi connectivity index (χ3v) is 5.88. The van der Waals surface area contributed by atoms with Crippen LogP contribution in [0.25, 0.3) is 0 Å². The van der Waals surface area contributed by atoms with Gasteiger partial charge < -0.3 is 4.74 Å². The molecule has 0 saturated heterocycles. The molecule has 1 aromatic rings. The molecule has 0 aromatic heterocycles. The fourth-order valence-corrected chi connectivity index (χ4v) is 4.37. The van der Waals surface area contributed by atoms with Crippen LogP contribution in [0.3, 0.4) is 0 Å².